The SMILES string of the molecule is CNC(c1cncs1)C1CC1. The van der Waals surface area contributed by atoms with E-state index in [1.165, 1.54) is 17.7 Å². The number of thiazole rings is 1. The molecule has 0 amide bonds. The lowest BCUT2D eigenvalue weighted by Gasteiger charge is -2.11. The summed E-state index contributed by atoms with van der Waals surface area (Å²) in [6.07, 6.45) is 4.73. The molecule has 1 saturated carbocycles. The monoisotopic (exact) mass is 168 g/mol. The van der Waals surface area contributed by atoms with Crippen LogP contribution in [0.4, 0.5) is 0 Å². The van der Waals surface area contributed by atoms with Crippen LogP contribution in [-0.4, -0.2) is 12.0 Å². The quantitative estimate of drug-likeness (QED) is 0.744. The largest absolute Gasteiger partial charge is 0.312 e. The van der Waals surface area contributed by atoms with Gasteiger partial charge in [-0.1, -0.05) is 0 Å². The standard InChI is InChI=1S/C8H12N2S/c1-9-8(6-2-3-6)7-4-10-5-11-7/h4-6,8-9H,2-3H2,1H3. The van der Waals surface area contributed by atoms with Crippen molar-refractivity contribution in [2.45, 2.75) is 18.9 Å². The van der Waals surface area contributed by atoms with Crippen LogP contribution in [0.3, 0.4) is 0 Å². The summed E-state index contributed by atoms with van der Waals surface area (Å²) in [5.41, 5.74) is 1.90. The van der Waals surface area contributed by atoms with E-state index in [-0.39, 0.29) is 0 Å². The van der Waals surface area contributed by atoms with E-state index in [9.17, 15) is 0 Å². The average Bonchev–Trinajstić information content (AvgIpc) is 2.68. The third-order valence-electron chi connectivity index (χ3n) is 2.16. The van der Waals surface area contributed by atoms with Crippen LogP contribution in [0.15, 0.2) is 11.7 Å². The molecule has 1 aliphatic rings. The van der Waals surface area contributed by atoms with Gasteiger partial charge in [0.25, 0.3) is 0 Å². The molecule has 2 rings (SSSR count). The topological polar surface area (TPSA) is 24.9 Å². The van der Waals surface area contributed by atoms with Crippen LogP contribution < -0.4 is 5.32 Å². The molecule has 1 aliphatic carbocycles. The summed E-state index contributed by atoms with van der Waals surface area (Å²) in [5.74, 6) is 0.875. The Morgan fingerprint density at radius 2 is 2.55 bits per heavy atom. The van der Waals surface area contributed by atoms with Crippen molar-refractivity contribution in [3.05, 3.63) is 16.6 Å². The molecule has 1 fully saturated rings. The minimum atomic E-state index is 0.572. The van der Waals surface area contributed by atoms with Gasteiger partial charge >= 0.3 is 0 Å². The van der Waals surface area contributed by atoms with Crippen molar-refractivity contribution >= 4 is 11.3 Å². The molecule has 60 valence electrons. The van der Waals surface area contributed by atoms with Gasteiger partial charge in [0.05, 0.1) is 5.51 Å². The molecular weight excluding hydrogens is 156 g/mol. The molecule has 1 heterocycles. The van der Waals surface area contributed by atoms with Gasteiger partial charge in [-0.3, -0.25) is 4.98 Å². The van der Waals surface area contributed by atoms with E-state index >= 15 is 0 Å². The lowest BCUT2D eigenvalue weighted by molar-refractivity contribution is 0.537. The van der Waals surface area contributed by atoms with Crippen molar-refractivity contribution in [2.24, 2.45) is 5.92 Å². The van der Waals surface area contributed by atoms with Gasteiger partial charge in [-0.2, -0.15) is 0 Å². The highest BCUT2D eigenvalue weighted by Crippen LogP contribution is 2.41. The van der Waals surface area contributed by atoms with Gasteiger partial charge in [-0.25, -0.2) is 0 Å². The number of aromatic nitrogens is 1. The summed E-state index contributed by atoms with van der Waals surface area (Å²) in [4.78, 5) is 5.46. The highest BCUT2D eigenvalue weighted by atomic mass is 32.1. The molecule has 0 saturated heterocycles. The molecule has 11 heavy (non-hydrogen) atoms. The minimum Gasteiger partial charge on any atom is -0.312 e. The summed E-state index contributed by atoms with van der Waals surface area (Å²) < 4.78 is 0. The fourth-order valence-electron chi connectivity index (χ4n) is 1.42. The van der Waals surface area contributed by atoms with E-state index in [1.807, 2.05) is 18.8 Å². The average molecular weight is 168 g/mol. The smallest absolute Gasteiger partial charge is 0.0794 e. The zero-order chi connectivity index (χ0) is 7.68. The fourth-order valence-corrected chi connectivity index (χ4v) is 2.24. The number of nitrogens with one attached hydrogen (secondary N) is 1. The molecular formula is C8H12N2S. The summed E-state index contributed by atoms with van der Waals surface area (Å²) in [5, 5.41) is 3.34. The molecule has 1 aromatic heterocycles. The van der Waals surface area contributed by atoms with Crippen molar-refractivity contribution in [1.29, 1.82) is 0 Å². The summed E-state index contributed by atoms with van der Waals surface area (Å²) in [7, 11) is 2.03. The van der Waals surface area contributed by atoms with Crippen molar-refractivity contribution < 1.29 is 0 Å². The Hall–Kier alpha value is -0.410. The van der Waals surface area contributed by atoms with Gasteiger partial charge < -0.3 is 5.32 Å². The normalized spacial score (nSPS) is 20.1. The molecule has 3 heteroatoms. The van der Waals surface area contributed by atoms with Crippen LogP contribution in [0.2, 0.25) is 0 Å². The first kappa shape index (κ1) is 7.25. The molecule has 0 radical (unpaired) electrons. The second kappa shape index (κ2) is 2.91. The summed E-state index contributed by atoms with van der Waals surface area (Å²) in [6.45, 7) is 0. The highest BCUT2D eigenvalue weighted by Gasteiger charge is 2.31. The van der Waals surface area contributed by atoms with Crippen LogP contribution in [0.5, 0.6) is 0 Å². The summed E-state index contributed by atoms with van der Waals surface area (Å²) in [6, 6.07) is 0.572. The lowest BCUT2D eigenvalue weighted by Crippen LogP contribution is -2.16. The van der Waals surface area contributed by atoms with Crippen LogP contribution >= 0.6 is 11.3 Å². The van der Waals surface area contributed by atoms with E-state index in [4.69, 9.17) is 0 Å². The maximum atomic E-state index is 4.08. The van der Waals surface area contributed by atoms with Crippen LogP contribution in [0.25, 0.3) is 0 Å². The van der Waals surface area contributed by atoms with E-state index in [2.05, 4.69) is 10.3 Å². The molecule has 2 nitrogen and oxygen atoms in total. The second-order valence-corrected chi connectivity index (χ2v) is 3.93. The maximum Gasteiger partial charge on any atom is 0.0794 e. The Bertz CT molecular complexity index is 216. The van der Waals surface area contributed by atoms with Crippen molar-refractivity contribution in [2.75, 3.05) is 7.05 Å². The Balaban J connectivity index is 2.11. The first-order valence-corrected chi connectivity index (χ1v) is 4.85. The lowest BCUT2D eigenvalue weighted by atomic mass is 10.2. The van der Waals surface area contributed by atoms with Gasteiger partial charge in [0.15, 0.2) is 0 Å². The van der Waals surface area contributed by atoms with Crippen molar-refractivity contribution in [1.82, 2.24) is 10.3 Å². The predicted octanol–water partition coefficient (Wildman–Crippen LogP) is 1.81. The highest BCUT2D eigenvalue weighted by molar-refractivity contribution is 7.09. The predicted molar refractivity (Wildman–Crippen MR) is 46.6 cm³/mol. The van der Waals surface area contributed by atoms with Crippen LogP contribution in [0, 0.1) is 5.92 Å². The van der Waals surface area contributed by atoms with Crippen molar-refractivity contribution in [3.63, 3.8) is 0 Å². The first-order valence-electron chi connectivity index (χ1n) is 3.97. The fraction of sp³-hybridized carbons (Fsp3) is 0.625. The van der Waals surface area contributed by atoms with E-state index in [0.717, 1.165) is 5.92 Å². The molecule has 0 aromatic carbocycles. The Kier molecular flexibility index (Phi) is 1.92. The van der Waals surface area contributed by atoms with E-state index in [0.29, 0.717) is 6.04 Å². The molecule has 0 bridgehead atoms. The number of rotatable bonds is 3. The van der Waals surface area contributed by atoms with Gasteiger partial charge in [0.2, 0.25) is 0 Å². The molecule has 1 unspecified atom stereocenters. The van der Waals surface area contributed by atoms with E-state index in [1.54, 1.807) is 11.3 Å². The minimum absolute atomic E-state index is 0.572. The first-order chi connectivity index (χ1) is 5.42. The van der Waals surface area contributed by atoms with Gasteiger partial charge in [-0.05, 0) is 25.8 Å². The molecule has 1 atom stereocenters. The zero-order valence-electron chi connectivity index (χ0n) is 6.58. The number of nitrogens with zero attached hydrogens (tertiary/aromatic N) is 1. The maximum absolute atomic E-state index is 4.08. The third-order valence-corrected chi connectivity index (χ3v) is 3.02. The summed E-state index contributed by atoms with van der Waals surface area (Å²) >= 11 is 1.75. The number of hydrogen-bond donors (Lipinski definition) is 1. The van der Waals surface area contributed by atoms with Crippen LogP contribution in [-0.2, 0) is 0 Å². The van der Waals surface area contributed by atoms with Gasteiger partial charge in [0.1, 0.15) is 0 Å². The number of hydrogen-bond acceptors (Lipinski definition) is 3. The van der Waals surface area contributed by atoms with Crippen LogP contribution in [0.1, 0.15) is 23.8 Å². The molecule has 0 aliphatic heterocycles. The Morgan fingerprint density at radius 1 is 1.73 bits per heavy atom. The van der Waals surface area contributed by atoms with Crippen molar-refractivity contribution in [3.8, 4) is 0 Å². The van der Waals surface area contributed by atoms with Gasteiger partial charge in [0, 0.05) is 17.1 Å². The Morgan fingerprint density at radius 3 is 3.00 bits per heavy atom. The molecule has 0 spiro atoms. The van der Waals surface area contributed by atoms with Gasteiger partial charge in [-0.15, -0.1) is 11.3 Å². The second-order valence-electron chi connectivity index (χ2n) is 3.01. The van der Waals surface area contributed by atoms with E-state index < -0.39 is 0 Å². The molecule has 1 aromatic rings. The zero-order valence-corrected chi connectivity index (χ0v) is 7.40. The molecule has 1 N–H and O–H groups in total. The third kappa shape index (κ3) is 1.44. The Labute approximate surface area is 70.7 Å².